The van der Waals surface area contributed by atoms with E-state index in [9.17, 15) is 0 Å². The maximum Gasteiger partial charge on any atom is 0.230 e. The van der Waals surface area contributed by atoms with Gasteiger partial charge in [0.05, 0.1) is 0 Å². The van der Waals surface area contributed by atoms with E-state index in [0.717, 1.165) is 50.5 Å². The number of hydrogen-bond acceptors (Lipinski definition) is 8. The molecule has 8 heteroatoms. The van der Waals surface area contributed by atoms with E-state index in [1.165, 1.54) is 38.6 Å². The molecule has 0 saturated carbocycles. The first kappa shape index (κ1) is 40.9. The van der Waals surface area contributed by atoms with Crippen LogP contribution in [0, 0.1) is 5.41 Å². The fourth-order valence-corrected chi connectivity index (χ4v) is 9.51. The summed E-state index contributed by atoms with van der Waals surface area (Å²) in [4.78, 5) is 20.6. The zero-order valence-corrected chi connectivity index (χ0v) is 34.5. The van der Waals surface area contributed by atoms with Gasteiger partial charge in [0.1, 0.15) is 5.82 Å². The van der Waals surface area contributed by atoms with Crippen LogP contribution in [-0.4, -0.2) is 79.3 Å². The van der Waals surface area contributed by atoms with Crippen molar-refractivity contribution in [2.24, 2.45) is 5.41 Å². The van der Waals surface area contributed by atoms with Gasteiger partial charge in [-0.2, -0.15) is 15.0 Å². The lowest BCUT2D eigenvalue weighted by Crippen LogP contribution is -2.62. The fourth-order valence-electron chi connectivity index (χ4n) is 9.51. The Balaban J connectivity index is 1.77. The van der Waals surface area contributed by atoms with Gasteiger partial charge in [-0.3, -0.25) is 0 Å². The molecule has 3 heterocycles. The van der Waals surface area contributed by atoms with E-state index in [4.69, 9.17) is 15.0 Å². The zero-order chi connectivity index (χ0) is 36.3. The molecule has 0 aromatic carbocycles. The first-order chi connectivity index (χ1) is 21.8. The topological polar surface area (TPSA) is 81.2 Å². The van der Waals surface area contributed by atoms with Crippen molar-refractivity contribution in [1.29, 1.82) is 0 Å². The number of unbranched alkanes of at least 4 members (excludes halogenated alkanes) is 3. The van der Waals surface area contributed by atoms with Crippen molar-refractivity contribution < 1.29 is 0 Å². The molecule has 2 fully saturated rings. The number of hydrogen-bond donors (Lipinski definition) is 3. The lowest BCUT2D eigenvalue weighted by Gasteiger charge is -2.50. The predicted molar refractivity (Wildman–Crippen MR) is 207 cm³/mol. The Morgan fingerprint density at radius 2 is 1.19 bits per heavy atom. The lowest BCUT2D eigenvalue weighted by atomic mass is 9.79. The van der Waals surface area contributed by atoms with Crippen LogP contribution >= 0.6 is 0 Å². The Hall–Kier alpha value is -1.51. The van der Waals surface area contributed by atoms with Gasteiger partial charge in [-0.25, -0.2) is 0 Å². The molecule has 3 rings (SSSR count). The number of anilines is 2. The Morgan fingerprint density at radius 3 is 1.65 bits per heavy atom. The van der Waals surface area contributed by atoms with E-state index in [2.05, 4.69) is 137 Å². The number of nitrogens with one attached hydrogen (secondary N) is 3. The largest absolute Gasteiger partial charge is 0.349 e. The maximum atomic E-state index is 5.19. The number of aromatic nitrogens is 3. The van der Waals surface area contributed by atoms with Crippen molar-refractivity contribution >= 4 is 11.9 Å². The van der Waals surface area contributed by atoms with Crippen molar-refractivity contribution in [2.45, 2.75) is 214 Å². The highest BCUT2D eigenvalue weighted by molar-refractivity contribution is 5.41. The van der Waals surface area contributed by atoms with Crippen LogP contribution in [0.1, 0.15) is 180 Å². The number of piperidine rings is 2. The van der Waals surface area contributed by atoms with E-state index in [-0.39, 0.29) is 39.0 Å². The predicted octanol–water partition coefficient (Wildman–Crippen LogP) is 8.93. The minimum atomic E-state index is -0.138. The Kier molecular flexibility index (Phi) is 13.1. The highest BCUT2D eigenvalue weighted by Gasteiger charge is 2.41. The molecular weight excluding hydrogens is 592 g/mol. The molecule has 0 amide bonds. The first-order valence-corrected chi connectivity index (χ1v) is 19.4. The molecule has 2 aliphatic rings. The zero-order valence-electron chi connectivity index (χ0n) is 34.5. The normalized spacial score (nSPS) is 21.5. The molecule has 1 aromatic heterocycles. The Morgan fingerprint density at radius 1 is 0.708 bits per heavy atom. The second-order valence-corrected chi connectivity index (χ2v) is 20.4. The van der Waals surface area contributed by atoms with Crippen LogP contribution in [0.25, 0.3) is 0 Å². The second kappa shape index (κ2) is 15.4. The van der Waals surface area contributed by atoms with Crippen molar-refractivity contribution in [1.82, 2.24) is 30.5 Å². The molecule has 0 unspecified atom stereocenters. The standard InChI is InChI=1S/C40H78N8/c1-17-47(30-24-36(7,8)45-37(9,10)25-30)22-20-18-19-21-23-48(31-26-38(11,12)46-39(13,14)27-31)34-42-32(29(2)3)41-33(43-34)44-40(15,16)28-35(4,5)6/h29-31,45-46H,17-28H2,1-16H3,(H,41,42,43,44). The highest BCUT2D eigenvalue weighted by atomic mass is 15.3. The SMILES string of the molecule is CCN(CCCCCCN(c1nc(NC(C)(C)CC(C)(C)C)nc(C(C)C)n1)C1CC(C)(C)NC(C)(C)C1)C1CC(C)(C)NC(C)(C)C1. The third-order valence-electron chi connectivity index (χ3n) is 10.1. The van der Waals surface area contributed by atoms with Crippen LogP contribution < -0.4 is 20.9 Å². The van der Waals surface area contributed by atoms with Gasteiger partial charge in [-0.15, -0.1) is 0 Å². The Bertz CT molecular complexity index is 1130. The third-order valence-corrected chi connectivity index (χ3v) is 10.1. The van der Waals surface area contributed by atoms with E-state index in [1.807, 2.05) is 0 Å². The summed E-state index contributed by atoms with van der Waals surface area (Å²) in [7, 11) is 0. The van der Waals surface area contributed by atoms with Gasteiger partial charge in [-0.05, 0) is 133 Å². The summed E-state index contributed by atoms with van der Waals surface area (Å²) in [6.07, 6.45) is 10.5. The van der Waals surface area contributed by atoms with Gasteiger partial charge >= 0.3 is 0 Å². The molecule has 48 heavy (non-hydrogen) atoms. The van der Waals surface area contributed by atoms with Gasteiger partial charge < -0.3 is 25.8 Å². The Labute approximate surface area is 297 Å². The summed E-state index contributed by atoms with van der Waals surface area (Å²) in [5, 5.41) is 11.5. The fraction of sp³-hybridized carbons (Fsp3) is 0.925. The van der Waals surface area contributed by atoms with Crippen LogP contribution in [0.4, 0.5) is 11.9 Å². The second-order valence-electron chi connectivity index (χ2n) is 20.4. The smallest absolute Gasteiger partial charge is 0.230 e. The average molecular weight is 671 g/mol. The molecule has 1 aromatic rings. The van der Waals surface area contributed by atoms with Gasteiger partial charge in [0.15, 0.2) is 0 Å². The summed E-state index contributed by atoms with van der Waals surface area (Å²) >= 11 is 0. The summed E-state index contributed by atoms with van der Waals surface area (Å²) in [6.45, 7) is 40.3. The molecule has 3 N–H and O–H groups in total. The van der Waals surface area contributed by atoms with Crippen LogP contribution in [0.3, 0.4) is 0 Å². The van der Waals surface area contributed by atoms with Crippen LogP contribution in [0.5, 0.6) is 0 Å². The minimum Gasteiger partial charge on any atom is -0.349 e. The molecule has 0 atom stereocenters. The van der Waals surface area contributed by atoms with Gasteiger partial charge in [0.25, 0.3) is 0 Å². The molecule has 0 spiro atoms. The molecule has 2 saturated heterocycles. The summed E-state index contributed by atoms with van der Waals surface area (Å²) in [5.41, 5.74) is 0.499. The van der Waals surface area contributed by atoms with Crippen molar-refractivity contribution in [3.8, 4) is 0 Å². The molecular formula is C40H78N8. The van der Waals surface area contributed by atoms with Crippen molar-refractivity contribution in [2.75, 3.05) is 29.9 Å². The van der Waals surface area contributed by atoms with E-state index < -0.39 is 0 Å². The molecule has 2 aliphatic heterocycles. The van der Waals surface area contributed by atoms with Gasteiger partial charge in [0.2, 0.25) is 11.9 Å². The van der Waals surface area contributed by atoms with Crippen molar-refractivity contribution in [3.05, 3.63) is 5.82 Å². The summed E-state index contributed by atoms with van der Waals surface area (Å²) < 4.78 is 0. The lowest BCUT2D eigenvalue weighted by molar-refractivity contribution is 0.0681. The molecule has 0 radical (unpaired) electrons. The molecule has 278 valence electrons. The van der Waals surface area contributed by atoms with Crippen LogP contribution in [0.15, 0.2) is 0 Å². The van der Waals surface area contributed by atoms with Gasteiger partial charge in [0, 0.05) is 52.2 Å². The molecule has 0 aliphatic carbocycles. The summed E-state index contributed by atoms with van der Waals surface area (Å²) in [5.74, 6) is 2.64. The third kappa shape index (κ3) is 13.0. The molecule has 0 bridgehead atoms. The average Bonchev–Trinajstić information content (AvgIpc) is 2.84. The number of nitrogens with zero attached hydrogens (tertiary/aromatic N) is 5. The van der Waals surface area contributed by atoms with Crippen LogP contribution in [-0.2, 0) is 0 Å². The molecule has 8 nitrogen and oxygen atoms in total. The van der Waals surface area contributed by atoms with E-state index >= 15 is 0 Å². The maximum absolute atomic E-state index is 5.19. The van der Waals surface area contributed by atoms with E-state index in [1.54, 1.807) is 0 Å². The first-order valence-electron chi connectivity index (χ1n) is 19.4. The minimum absolute atomic E-state index is 0.0374. The number of rotatable bonds is 15. The highest BCUT2D eigenvalue weighted by Crippen LogP contribution is 2.35. The van der Waals surface area contributed by atoms with Crippen LogP contribution in [0.2, 0.25) is 0 Å². The van der Waals surface area contributed by atoms with E-state index in [0.29, 0.717) is 18.0 Å². The van der Waals surface area contributed by atoms with Gasteiger partial charge in [-0.1, -0.05) is 54.4 Å². The quantitative estimate of drug-likeness (QED) is 0.160. The summed E-state index contributed by atoms with van der Waals surface area (Å²) in [6, 6.07) is 1.01. The van der Waals surface area contributed by atoms with Crippen molar-refractivity contribution in [3.63, 3.8) is 0 Å². The monoisotopic (exact) mass is 671 g/mol.